The summed E-state index contributed by atoms with van der Waals surface area (Å²) in [5.41, 5.74) is 7.07. The lowest BCUT2D eigenvalue weighted by molar-refractivity contribution is 0.597. The zero-order valence-corrected chi connectivity index (χ0v) is 22.5. The molecule has 5 N–H and O–H groups in total. The van der Waals surface area contributed by atoms with Gasteiger partial charge in [0.25, 0.3) is 5.56 Å². The minimum Gasteiger partial charge on any atom is -0.382 e. The molecular formula is C27H21ClN8O3S. The molecule has 11 nitrogen and oxygen atoms in total. The Bertz CT molecular complexity index is 1990. The van der Waals surface area contributed by atoms with Gasteiger partial charge < -0.3 is 11.1 Å². The molecule has 0 radical (unpaired) electrons. The maximum Gasteiger partial charge on any atom is 0.267 e. The van der Waals surface area contributed by atoms with Gasteiger partial charge in [-0.3, -0.25) is 9.36 Å². The molecular weight excluding hydrogens is 552 g/mol. The molecule has 1 atom stereocenters. The van der Waals surface area contributed by atoms with Crippen molar-refractivity contribution in [2.45, 2.75) is 17.9 Å². The molecule has 5 aromatic rings. The van der Waals surface area contributed by atoms with Gasteiger partial charge in [0, 0.05) is 6.20 Å². The predicted molar refractivity (Wildman–Crippen MR) is 152 cm³/mol. The van der Waals surface area contributed by atoms with Crippen LogP contribution in [0.3, 0.4) is 0 Å². The maximum atomic E-state index is 13.8. The SMILES string of the molecule is CC(Nc1ncnc(N)c1C#Cc1ccccn1)c1nc2cccc(Cl)c2c(=O)n1-c1cccc(S(N)(=O)=O)c1. The topological polar surface area (TPSA) is 172 Å². The van der Waals surface area contributed by atoms with Crippen molar-refractivity contribution in [3.63, 3.8) is 0 Å². The van der Waals surface area contributed by atoms with E-state index in [0.29, 0.717) is 22.6 Å². The van der Waals surface area contributed by atoms with Gasteiger partial charge in [-0.1, -0.05) is 35.7 Å². The zero-order valence-electron chi connectivity index (χ0n) is 20.9. The molecule has 0 bridgehead atoms. The highest BCUT2D eigenvalue weighted by molar-refractivity contribution is 7.89. The summed E-state index contributed by atoms with van der Waals surface area (Å²) in [4.78, 5) is 30.9. The molecule has 0 aliphatic rings. The van der Waals surface area contributed by atoms with E-state index in [4.69, 9.17) is 27.5 Å². The second-order valence-corrected chi connectivity index (χ2v) is 10.6. The second kappa shape index (κ2) is 10.7. The maximum absolute atomic E-state index is 13.8. The van der Waals surface area contributed by atoms with Gasteiger partial charge in [0.2, 0.25) is 10.0 Å². The first-order chi connectivity index (χ1) is 19.1. The fourth-order valence-corrected chi connectivity index (χ4v) is 4.81. The van der Waals surface area contributed by atoms with Crippen LogP contribution in [0.1, 0.15) is 30.0 Å². The van der Waals surface area contributed by atoms with Crippen molar-refractivity contribution < 1.29 is 8.42 Å². The van der Waals surface area contributed by atoms with Crippen LogP contribution in [-0.2, 0) is 10.0 Å². The Morgan fingerprint density at radius 2 is 1.82 bits per heavy atom. The molecule has 0 aliphatic heterocycles. The van der Waals surface area contributed by atoms with Crippen LogP contribution in [-0.4, -0.2) is 32.9 Å². The Kier molecular flexibility index (Phi) is 7.19. The first-order valence-electron chi connectivity index (χ1n) is 11.8. The minimum absolute atomic E-state index is 0.143. The van der Waals surface area contributed by atoms with Crippen molar-refractivity contribution in [2.24, 2.45) is 5.14 Å². The van der Waals surface area contributed by atoms with Crippen molar-refractivity contribution in [3.05, 3.63) is 106 Å². The van der Waals surface area contributed by atoms with E-state index in [-0.39, 0.29) is 32.6 Å². The van der Waals surface area contributed by atoms with Crippen LogP contribution in [0.25, 0.3) is 16.6 Å². The summed E-state index contributed by atoms with van der Waals surface area (Å²) in [6, 6.07) is 15.3. The lowest BCUT2D eigenvalue weighted by atomic mass is 10.2. The number of aromatic nitrogens is 5. The fraction of sp³-hybridized carbons (Fsp3) is 0.0741. The second-order valence-electron chi connectivity index (χ2n) is 8.60. The number of hydrogen-bond donors (Lipinski definition) is 3. The van der Waals surface area contributed by atoms with Crippen molar-refractivity contribution in [3.8, 4) is 17.5 Å². The molecule has 5 rings (SSSR count). The molecule has 1 unspecified atom stereocenters. The standard InChI is InChI=1S/C27H21ClN8O3S/c1-16(34-25-20(24(29)32-15-33-25)12-11-17-6-2-3-13-31-17)26-35-22-10-5-9-21(28)23(22)27(37)36(26)18-7-4-8-19(14-18)40(30,38)39/h2-10,13-16H,1H3,(H2,30,38,39)(H3,29,32,33,34). The molecule has 0 aliphatic carbocycles. The van der Waals surface area contributed by atoms with Gasteiger partial charge in [-0.05, 0) is 55.3 Å². The van der Waals surface area contributed by atoms with Crippen LogP contribution in [0, 0.1) is 11.8 Å². The third kappa shape index (κ3) is 5.34. The van der Waals surface area contributed by atoms with E-state index < -0.39 is 21.6 Å². The Morgan fingerprint density at radius 1 is 1.02 bits per heavy atom. The Balaban J connectivity index is 1.67. The predicted octanol–water partition coefficient (Wildman–Crippen LogP) is 3.03. The van der Waals surface area contributed by atoms with E-state index in [1.807, 2.05) is 6.07 Å². The summed E-state index contributed by atoms with van der Waals surface area (Å²) < 4.78 is 25.4. The largest absolute Gasteiger partial charge is 0.382 e. The van der Waals surface area contributed by atoms with Crippen molar-refractivity contribution in [2.75, 3.05) is 11.1 Å². The molecule has 3 aromatic heterocycles. The van der Waals surface area contributed by atoms with Crippen LogP contribution in [0.2, 0.25) is 5.02 Å². The van der Waals surface area contributed by atoms with Crippen LogP contribution in [0.5, 0.6) is 0 Å². The van der Waals surface area contributed by atoms with Crippen molar-refractivity contribution in [1.29, 1.82) is 0 Å². The first kappa shape index (κ1) is 26.8. The van der Waals surface area contributed by atoms with E-state index in [2.05, 4.69) is 32.1 Å². The number of nitrogens with one attached hydrogen (secondary N) is 1. The van der Waals surface area contributed by atoms with E-state index >= 15 is 0 Å². The highest BCUT2D eigenvalue weighted by Crippen LogP contribution is 2.26. The van der Waals surface area contributed by atoms with Gasteiger partial charge in [0.05, 0.1) is 32.6 Å². The van der Waals surface area contributed by atoms with E-state index in [1.165, 1.54) is 29.1 Å². The molecule has 200 valence electrons. The number of nitrogens with two attached hydrogens (primary N) is 2. The number of nitrogens with zero attached hydrogens (tertiary/aromatic N) is 5. The summed E-state index contributed by atoms with van der Waals surface area (Å²) in [7, 11) is -4.05. The van der Waals surface area contributed by atoms with Gasteiger partial charge >= 0.3 is 0 Å². The van der Waals surface area contributed by atoms with Crippen molar-refractivity contribution >= 4 is 44.2 Å². The lowest BCUT2D eigenvalue weighted by Gasteiger charge is -2.21. The molecule has 0 fully saturated rings. The Morgan fingerprint density at radius 3 is 2.58 bits per heavy atom. The summed E-state index contributed by atoms with van der Waals surface area (Å²) >= 11 is 6.37. The summed E-state index contributed by atoms with van der Waals surface area (Å²) in [6.45, 7) is 1.76. The molecule has 40 heavy (non-hydrogen) atoms. The Labute approximate surface area is 234 Å². The van der Waals surface area contributed by atoms with Gasteiger partial charge in [0.15, 0.2) is 0 Å². The average Bonchev–Trinajstić information content (AvgIpc) is 2.92. The highest BCUT2D eigenvalue weighted by Gasteiger charge is 2.22. The van der Waals surface area contributed by atoms with Crippen molar-refractivity contribution in [1.82, 2.24) is 24.5 Å². The average molecular weight is 573 g/mol. The van der Waals surface area contributed by atoms with Gasteiger partial charge in [0.1, 0.15) is 35.0 Å². The van der Waals surface area contributed by atoms with Gasteiger partial charge in [-0.25, -0.2) is 33.5 Å². The number of anilines is 2. The molecule has 0 spiro atoms. The molecule has 0 saturated heterocycles. The lowest BCUT2D eigenvalue weighted by Crippen LogP contribution is -2.28. The molecule has 0 amide bonds. The number of halogens is 1. The number of sulfonamides is 1. The monoisotopic (exact) mass is 572 g/mol. The Hall–Kier alpha value is -4.83. The fourth-order valence-electron chi connectivity index (χ4n) is 4.01. The number of primary sulfonamides is 1. The molecule has 3 heterocycles. The van der Waals surface area contributed by atoms with Gasteiger partial charge in [-0.15, -0.1) is 0 Å². The number of nitrogen functional groups attached to an aromatic ring is 1. The van der Waals surface area contributed by atoms with Crippen LogP contribution in [0.4, 0.5) is 11.6 Å². The van der Waals surface area contributed by atoms with Crippen LogP contribution in [0.15, 0.2) is 82.9 Å². The van der Waals surface area contributed by atoms with Crippen LogP contribution < -0.4 is 21.7 Å². The molecule has 0 saturated carbocycles. The molecule has 13 heteroatoms. The van der Waals surface area contributed by atoms with E-state index in [0.717, 1.165) is 0 Å². The van der Waals surface area contributed by atoms with Gasteiger partial charge in [-0.2, -0.15) is 0 Å². The van der Waals surface area contributed by atoms with Crippen LogP contribution >= 0.6 is 11.6 Å². The highest BCUT2D eigenvalue weighted by atomic mass is 35.5. The third-order valence-electron chi connectivity index (χ3n) is 5.87. The number of hydrogen-bond acceptors (Lipinski definition) is 9. The van der Waals surface area contributed by atoms with E-state index in [1.54, 1.807) is 49.5 Å². The summed E-state index contributed by atoms with van der Waals surface area (Å²) in [5.74, 6) is 6.58. The number of benzene rings is 2. The summed E-state index contributed by atoms with van der Waals surface area (Å²) in [5, 5.41) is 8.94. The number of rotatable bonds is 5. The third-order valence-corrected chi connectivity index (χ3v) is 7.10. The summed E-state index contributed by atoms with van der Waals surface area (Å²) in [6.07, 6.45) is 2.91. The minimum atomic E-state index is -4.05. The quantitative estimate of drug-likeness (QED) is 0.268. The normalized spacial score (nSPS) is 12.0. The smallest absolute Gasteiger partial charge is 0.267 e. The first-order valence-corrected chi connectivity index (χ1v) is 13.7. The van der Waals surface area contributed by atoms with E-state index in [9.17, 15) is 13.2 Å². The number of fused-ring (bicyclic) bond motifs is 1. The zero-order chi connectivity index (χ0) is 28.4. The number of pyridine rings is 1. The molecule has 2 aromatic carbocycles.